The molecular weight excluding hydrogens is 422 g/mol. The highest BCUT2D eigenvalue weighted by atomic mass is 32.1. The minimum Gasteiger partial charge on any atom is -0.389 e. The van der Waals surface area contributed by atoms with E-state index in [1.54, 1.807) is 10.9 Å². The Bertz CT molecular complexity index is 1090. The highest BCUT2D eigenvalue weighted by Gasteiger charge is 2.26. The van der Waals surface area contributed by atoms with Crippen molar-refractivity contribution in [2.24, 2.45) is 12.8 Å². The number of carbonyl (C=O) groups is 1. The molecule has 1 aliphatic carbocycles. The van der Waals surface area contributed by atoms with Gasteiger partial charge < -0.3 is 16.8 Å². The number of nitrogen functional groups attached to an aromatic ring is 1. The summed E-state index contributed by atoms with van der Waals surface area (Å²) in [7, 11) is 1.84. The molecular formula is C21H24F2N6OS. The van der Waals surface area contributed by atoms with Gasteiger partial charge in [0.05, 0.1) is 23.1 Å². The van der Waals surface area contributed by atoms with Crippen molar-refractivity contribution in [1.82, 2.24) is 14.8 Å². The van der Waals surface area contributed by atoms with Gasteiger partial charge in [-0.1, -0.05) is 23.8 Å². The van der Waals surface area contributed by atoms with Crippen LogP contribution in [0, 0.1) is 11.6 Å². The highest BCUT2D eigenvalue weighted by Crippen LogP contribution is 2.36. The van der Waals surface area contributed by atoms with Crippen LogP contribution in [0.1, 0.15) is 54.2 Å². The van der Waals surface area contributed by atoms with E-state index in [0.717, 1.165) is 61.3 Å². The van der Waals surface area contributed by atoms with Gasteiger partial charge in [0.1, 0.15) is 21.6 Å². The van der Waals surface area contributed by atoms with Crippen LogP contribution in [-0.4, -0.2) is 26.7 Å². The standard InChI is InChI=1S/C21H24F2N6OS/c1-29-18(11-4-2-5-12(24)9-8-11)15(10-26-29)27-20(30)17-19(25)31-21(28-17)16-13(22)6-3-7-14(16)23/h3,6-7,10-12H,2,4-5,8-9,24-25H2,1H3,(H,27,30)/t11?,12-/m0/s1. The maximum Gasteiger partial charge on any atom is 0.277 e. The van der Waals surface area contributed by atoms with Crippen molar-refractivity contribution >= 4 is 27.9 Å². The number of aromatic nitrogens is 3. The molecule has 7 nitrogen and oxygen atoms in total. The minimum absolute atomic E-state index is 0.0161. The Morgan fingerprint density at radius 1 is 1.23 bits per heavy atom. The molecule has 31 heavy (non-hydrogen) atoms. The third-order valence-electron chi connectivity index (χ3n) is 5.68. The van der Waals surface area contributed by atoms with Crippen LogP contribution in [-0.2, 0) is 7.05 Å². The molecule has 1 unspecified atom stereocenters. The quantitative estimate of drug-likeness (QED) is 0.524. The first-order chi connectivity index (χ1) is 14.8. The number of nitrogens with zero attached hydrogens (tertiary/aromatic N) is 3. The third-order valence-corrected chi connectivity index (χ3v) is 6.58. The Balaban J connectivity index is 1.60. The summed E-state index contributed by atoms with van der Waals surface area (Å²) in [5.41, 5.74) is 13.2. The summed E-state index contributed by atoms with van der Waals surface area (Å²) < 4.78 is 30.0. The molecule has 164 valence electrons. The molecule has 0 saturated heterocycles. The van der Waals surface area contributed by atoms with E-state index in [1.807, 2.05) is 7.05 Å². The van der Waals surface area contributed by atoms with E-state index in [2.05, 4.69) is 15.4 Å². The van der Waals surface area contributed by atoms with Crippen LogP contribution < -0.4 is 16.8 Å². The van der Waals surface area contributed by atoms with Crippen molar-refractivity contribution in [2.75, 3.05) is 11.1 Å². The molecule has 0 bridgehead atoms. The fourth-order valence-electron chi connectivity index (χ4n) is 4.12. The minimum atomic E-state index is -0.762. The molecule has 1 saturated carbocycles. The Labute approximate surface area is 182 Å². The van der Waals surface area contributed by atoms with Gasteiger partial charge in [0.25, 0.3) is 5.91 Å². The van der Waals surface area contributed by atoms with Crippen molar-refractivity contribution < 1.29 is 13.6 Å². The Morgan fingerprint density at radius 3 is 2.71 bits per heavy atom. The zero-order chi connectivity index (χ0) is 22.1. The predicted octanol–water partition coefficient (Wildman–Crippen LogP) is 4.03. The largest absolute Gasteiger partial charge is 0.389 e. The van der Waals surface area contributed by atoms with E-state index in [0.29, 0.717) is 5.69 Å². The van der Waals surface area contributed by atoms with Gasteiger partial charge in [-0.05, 0) is 37.8 Å². The lowest BCUT2D eigenvalue weighted by Crippen LogP contribution is -2.18. The molecule has 10 heteroatoms. The van der Waals surface area contributed by atoms with Crippen molar-refractivity contribution in [2.45, 2.75) is 44.1 Å². The van der Waals surface area contributed by atoms with E-state index >= 15 is 0 Å². The van der Waals surface area contributed by atoms with Crippen molar-refractivity contribution in [1.29, 1.82) is 0 Å². The van der Waals surface area contributed by atoms with Gasteiger partial charge in [0.15, 0.2) is 5.69 Å². The molecule has 1 aliphatic rings. The van der Waals surface area contributed by atoms with Gasteiger partial charge in [-0.15, -0.1) is 0 Å². The van der Waals surface area contributed by atoms with Crippen LogP contribution in [0.2, 0.25) is 0 Å². The summed E-state index contributed by atoms with van der Waals surface area (Å²) >= 11 is 0.866. The number of aryl methyl sites for hydroxylation is 1. The van der Waals surface area contributed by atoms with Gasteiger partial charge in [-0.25, -0.2) is 13.8 Å². The highest BCUT2D eigenvalue weighted by molar-refractivity contribution is 7.19. The van der Waals surface area contributed by atoms with Crippen molar-refractivity contribution in [3.8, 4) is 10.6 Å². The molecule has 0 aliphatic heterocycles. The first-order valence-electron chi connectivity index (χ1n) is 10.1. The molecule has 1 aromatic carbocycles. The fraction of sp³-hybridized carbons (Fsp3) is 0.381. The number of nitrogens with two attached hydrogens (primary N) is 2. The first-order valence-corrected chi connectivity index (χ1v) is 11.0. The van der Waals surface area contributed by atoms with E-state index in [1.165, 1.54) is 6.07 Å². The second-order valence-electron chi connectivity index (χ2n) is 7.82. The molecule has 2 aromatic heterocycles. The molecule has 2 atom stereocenters. The normalized spacial score (nSPS) is 19.2. The number of rotatable bonds is 4. The fourth-order valence-corrected chi connectivity index (χ4v) is 4.99. The molecule has 0 spiro atoms. The predicted molar refractivity (Wildman–Crippen MR) is 117 cm³/mol. The topological polar surface area (TPSA) is 112 Å². The number of thiazole rings is 1. The number of halogens is 2. The lowest BCUT2D eigenvalue weighted by molar-refractivity contribution is 0.102. The molecule has 5 N–H and O–H groups in total. The summed E-state index contributed by atoms with van der Waals surface area (Å²) in [4.78, 5) is 17.1. The zero-order valence-electron chi connectivity index (χ0n) is 17.1. The SMILES string of the molecule is Cn1ncc(NC(=O)c2nc(-c3c(F)cccc3F)sc2N)c1C1CCC[C@H](N)CC1. The number of hydrogen-bond acceptors (Lipinski definition) is 6. The maximum atomic E-state index is 14.1. The number of carbonyl (C=O) groups excluding carboxylic acids is 1. The second kappa shape index (κ2) is 8.72. The van der Waals surface area contributed by atoms with Gasteiger partial charge in [0, 0.05) is 19.0 Å². The average Bonchev–Trinajstić information content (AvgIpc) is 3.19. The maximum absolute atomic E-state index is 14.1. The second-order valence-corrected chi connectivity index (χ2v) is 8.85. The molecule has 0 radical (unpaired) electrons. The van der Waals surface area contributed by atoms with Gasteiger partial charge in [-0.2, -0.15) is 5.10 Å². The molecule has 4 rings (SSSR count). The number of benzene rings is 1. The summed E-state index contributed by atoms with van der Waals surface area (Å²) in [5.74, 6) is -1.84. The van der Waals surface area contributed by atoms with Crippen LogP contribution in [0.3, 0.4) is 0 Å². The Morgan fingerprint density at radius 2 is 1.97 bits per heavy atom. The summed E-state index contributed by atoms with van der Waals surface area (Å²) in [6.45, 7) is 0. The van der Waals surface area contributed by atoms with E-state index < -0.39 is 17.5 Å². The zero-order valence-corrected chi connectivity index (χ0v) is 17.9. The lowest BCUT2D eigenvalue weighted by Gasteiger charge is -2.17. The molecule has 1 amide bonds. The summed E-state index contributed by atoms with van der Waals surface area (Å²) in [6, 6.07) is 3.73. The van der Waals surface area contributed by atoms with E-state index in [9.17, 15) is 13.6 Å². The third kappa shape index (κ3) is 4.31. The molecule has 2 heterocycles. The molecule has 3 aromatic rings. The number of nitrogens with one attached hydrogen (secondary N) is 1. The Kier molecular flexibility index (Phi) is 6.01. The van der Waals surface area contributed by atoms with Gasteiger partial charge in [-0.3, -0.25) is 9.48 Å². The van der Waals surface area contributed by atoms with Crippen molar-refractivity contribution in [3.63, 3.8) is 0 Å². The van der Waals surface area contributed by atoms with Crippen LogP contribution in [0.15, 0.2) is 24.4 Å². The number of anilines is 2. The summed E-state index contributed by atoms with van der Waals surface area (Å²) in [5, 5.41) is 7.24. The van der Waals surface area contributed by atoms with Crippen LogP contribution >= 0.6 is 11.3 Å². The van der Waals surface area contributed by atoms with Gasteiger partial charge in [0.2, 0.25) is 0 Å². The first kappa shape index (κ1) is 21.4. The number of amides is 1. The smallest absolute Gasteiger partial charge is 0.277 e. The Hall–Kier alpha value is -2.85. The number of hydrogen-bond donors (Lipinski definition) is 3. The van der Waals surface area contributed by atoms with Crippen molar-refractivity contribution in [3.05, 3.63) is 47.4 Å². The summed E-state index contributed by atoms with van der Waals surface area (Å²) in [6.07, 6.45) is 6.39. The molecule has 1 fully saturated rings. The van der Waals surface area contributed by atoms with E-state index in [4.69, 9.17) is 11.5 Å². The van der Waals surface area contributed by atoms with Crippen LogP contribution in [0.25, 0.3) is 10.6 Å². The van der Waals surface area contributed by atoms with Crippen LogP contribution in [0.5, 0.6) is 0 Å². The monoisotopic (exact) mass is 446 g/mol. The van der Waals surface area contributed by atoms with Gasteiger partial charge >= 0.3 is 0 Å². The lowest BCUT2D eigenvalue weighted by atomic mass is 9.95. The van der Waals surface area contributed by atoms with E-state index in [-0.39, 0.29) is 33.2 Å². The average molecular weight is 447 g/mol. The van der Waals surface area contributed by atoms with Crippen LogP contribution in [0.4, 0.5) is 19.5 Å².